The van der Waals surface area contributed by atoms with E-state index in [4.69, 9.17) is 20.9 Å². The van der Waals surface area contributed by atoms with Gasteiger partial charge >= 0.3 is 20.6 Å². The van der Waals surface area contributed by atoms with Gasteiger partial charge in [-0.2, -0.15) is 8.78 Å². The third-order valence-corrected chi connectivity index (χ3v) is 11.6. The normalized spacial score (nSPS) is 31.6. The average molecular weight is 705 g/mol. The van der Waals surface area contributed by atoms with E-state index < -0.39 is 88.7 Å². The molecule has 2 fully saturated rings. The summed E-state index contributed by atoms with van der Waals surface area (Å²) < 4.78 is 90.0. The Morgan fingerprint density at radius 2 is 1.67 bits per heavy atom. The van der Waals surface area contributed by atoms with Gasteiger partial charge in [0.1, 0.15) is 59.2 Å². The number of halogens is 3. The van der Waals surface area contributed by atoms with Gasteiger partial charge in [0.05, 0.1) is 19.5 Å². The maximum Gasteiger partial charge on any atom is 0.443 e. The number of nitrogen functional groups attached to an aromatic ring is 1. The van der Waals surface area contributed by atoms with Crippen LogP contribution in [0, 0.1) is 0 Å². The van der Waals surface area contributed by atoms with Crippen molar-refractivity contribution in [1.82, 2.24) is 24.5 Å². The Kier molecular flexibility index (Phi) is 9.12. The second-order valence-electron chi connectivity index (χ2n) is 9.74. The number of hydrogen-bond acceptors (Lipinski definition) is 16. The molecule has 3 aromatic heterocycles. The first kappa shape index (κ1) is 33.7. The Labute approximate surface area is 252 Å². The van der Waals surface area contributed by atoms with Gasteiger partial charge in [-0.3, -0.25) is 18.5 Å². The van der Waals surface area contributed by atoms with Crippen LogP contribution in [0.2, 0.25) is 0 Å². The maximum atomic E-state index is 14.9. The van der Waals surface area contributed by atoms with Gasteiger partial charge in [0.2, 0.25) is 0 Å². The van der Waals surface area contributed by atoms with Crippen LogP contribution in [-0.2, 0) is 27.7 Å². The lowest BCUT2D eigenvalue weighted by atomic mass is 10.1. The quantitative estimate of drug-likeness (QED) is 0.122. The summed E-state index contributed by atoms with van der Waals surface area (Å²) in [6, 6.07) is 0. The minimum Gasteiger partial charge on any atom is -0.387 e. The number of carbonyl (C=O) groups is 1. The number of aromatic nitrogens is 5. The molecule has 0 saturated carbocycles. The lowest BCUT2D eigenvalue weighted by molar-refractivity contribution is -0.0465. The van der Waals surface area contributed by atoms with Gasteiger partial charge in [-0.1, -0.05) is 0 Å². The molecule has 5 rings (SSSR count). The number of imidazole rings is 1. The Bertz CT molecular complexity index is 1680. The fourth-order valence-corrected chi connectivity index (χ4v) is 7.92. The zero-order valence-corrected chi connectivity index (χ0v) is 24.8. The van der Waals surface area contributed by atoms with E-state index in [-0.39, 0.29) is 27.7 Å². The highest BCUT2D eigenvalue weighted by molar-refractivity contribution is 7.72. The number of aliphatic hydroxyl groups is 3. The highest BCUT2D eigenvalue weighted by Crippen LogP contribution is 2.75. The highest BCUT2D eigenvalue weighted by Gasteiger charge is 2.67. The first-order valence-electron chi connectivity index (χ1n) is 12.5. The number of amides is 1. The van der Waals surface area contributed by atoms with E-state index in [1.165, 1.54) is 5.38 Å². The zero-order chi connectivity index (χ0) is 33.1. The fraction of sp³-hybridized carbons (Fsp3) is 0.550. The molecule has 248 valence electrons. The van der Waals surface area contributed by atoms with Crippen LogP contribution in [0.3, 0.4) is 0 Å². The van der Waals surface area contributed by atoms with E-state index in [0.29, 0.717) is 0 Å². The standard InChI is InChI=1S/C20H24F3N7O12P2S/c21-9-11(31)7(42-19(9)30-5-28-10-15(24)26-4-27-17(10)30)1-39-43(35,36)20(22,23)44(37,38)40-2-8-12(32)13(33)14(41-8)18-29-6(3-45-18)16(25)34/h3-5,7-9,11-14,19,31-33H,1-2H2,(H2,25,34)(H,35,36)(H,37,38)(H2,24,26,27)/t7-,8-,9+,11-,12-,13-,14-,19-/m1/s1. The first-order valence-corrected chi connectivity index (χ1v) is 16.5. The van der Waals surface area contributed by atoms with Crippen molar-refractivity contribution < 1.29 is 70.7 Å². The summed E-state index contributed by atoms with van der Waals surface area (Å²) in [7, 11) is -12.9. The Balaban J connectivity index is 1.22. The summed E-state index contributed by atoms with van der Waals surface area (Å²) >= 11 is 0.804. The molecule has 2 unspecified atom stereocenters. The van der Waals surface area contributed by atoms with E-state index >= 15 is 0 Å². The second-order valence-corrected chi connectivity index (χ2v) is 14.7. The number of aliphatic hydroxyl groups excluding tert-OH is 3. The third kappa shape index (κ3) is 5.99. The largest absolute Gasteiger partial charge is 0.443 e. The van der Waals surface area contributed by atoms with Crippen molar-refractivity contribution in [2.45, 2.75) is 54.4 Å². The van der Waals surface area contributed by atoms with Crippen LogP contribution in [0.25, 0.3) is 11.2 Å². The Morgan fingerprint density at radius 3 is 2.27 bits per heavy atom. The summed E-state index contributed by atoms with van der Waals surface area (Å²) in [6.45, 7) is -2.65. The van der Waals surface area contributed by atoms with E-state index in [1.54, 1.807) is 0 Å². The highest BCUT2D eigenvalue weighted by atomic mass is 32.1. The number of nitrogens with zero attached hydrogens (tertiary/aromatic N) is 5. The van der Waals surface area contributed by atoms with Gasteiger partial charge in [-0.05, 0) is 0 Å². The van der Waals surface area contributed by atoms with E-state index in [1.807, 2.05) is 0 Å². The fourth-order valence-electron chi connectivity index (χ4n) is 4.41. The molecule has 0 radical (unpaired) electrons. The van der Waals surface area contributed by atoms with Crippen LogP contribution in [0.15, 0.2) is 18.0 Å². The predicted octanol–water partition coefficient (Wildman–Crippen LogP) is -0.624. The minimum absolute atomic E-state index is 0.0149. The monoisotopic (exact) mass is 705 g/mol. The average Bonchev–Trinajstić information content (AvgIpc) is 3.75. The molecular formula is C20H24F3N7O12P2S. The number of nitrogens with two attached hydrogens (primary N) is 2. The van der Waals surface area contributed by atoms with Gasteiger partial charge in [-0.25, -0.2) is 24.3 Å². The molecule has 1 amide bonds. The number of carbonyl (C=O) groups excluding carboxylic acids is 1. The van der Waals surface area contributed by atoms with Gasteiger partial charge in [0.15, 0.2) is 23.9 Å². The predicted molar refractivity (Wildman–Crippen MR) is 141 cm³/mol. The molecule has 3 aromatic rings. The number of hydrogen-bond donors (Lipinski definition) is 7. The molecule has 2 aliphatic rings. The molecular weight excluding hydrogens is 681 g/mol. The van der Waals surface area contributed by atoms with Crippen LogP contribution in [0.5, 0.6) is 0 Å². The summed E-state index contributed by atoms with van der Waals surface area (Å²) in [4.78, 5) is 46.5. The first-order chi connectivity index (χ1) is 21.0. The molecule has 0 aliphatic carbocycles. The number of primary amides is 1. The molecule has 19 nitrogen and oxygen atoms in total. The number of thiazole rings is 1. The van der Waals surface area contributed by atoms with Crippen molar-refractivity contribution in [3.63, 3.8) is 0 Å². The lowest BCUT2D eigenvalue weighted by Gasteiger charge is -2.27. The van der Waals surface area contributed by atoms with Gasteiger partial charge in [0.25, 0.3) is 5.91 Å². The SMILES string of the molecule is NC(=O)c1csc([C@@H]2O[C@H](COP(=O)(O)C(F)(F)P(=O)(O)OC[C@H]3O[C@@H](n4cnc5c(N)ncnc54)[C@@H](F)[C@@H]3O)[C@@H](O)[C@H]2O)n1. The van der Waals surface area contributed by atoms with Crippen LogP contribution in [0.4, 0.5) is 19.0 Å². The maximum absolute atomic E-state index is 14.9. The summed E-state index contributed by atoms with van der Waals surface area (Å²) in [5.41, 5.74) is 10.6. The van der Waals surface area contributed by atoms with Crippen molar-refractivity contribution in [1.29, 1.82) is 0 Å². The summed E-state index contributed by atoms with van der Waals surface area (Å²) in [6.07, 6.45) is -12.5. The van der Waals surface area contributed by atoms with Gasteiger partial charge < -0.3 is 55.1 Å². The van der Waals surface area contributed by atoms with Crippen molar-refractivity contribution in [2.24, 2.45) is 5.73 Å². The van der Waals surface area contributed by atoms with Gasteiger partial charge in [0, 0.05) is 5.38 Å². The van der Waals surface area contributed by atoms with Crippen LogP contribution < -0.4 is 11.5 Å². The summed E-state index contributed by atoms with van der Waals surface area (Å²) in [5.74, 6) is -0.967. The lowest BCUT2D eigenvalue weighted by Crippen LogP contribution is -2.34. The molecule has 2 saturated heterocycles. The number of ether oxygens (including phenoxy) is 2. The molecule has 10 atom stereocenters. The van der Waals surface area contributed by atoms with Crippen molar-refractivity contribution in [3.05, 3.63) is 28.7 Å². The number of anilines is 1. The number of alkyl halides is 3. The van der Waals surface area contributed by atoms with Crippen LogP contribution >= 0.6 is 26.5 Å². The molecule has 2 aliphatic heterocycles. The zero-order valence-electron chi connectivity index (χ0n) is 22.2. The molecule has 9 N–H and O–H groups in total. The Hall–Kier alpha value is -2.66. The molecule has 5 heterocycles. The number of rotatable bonds is 11. The van der Waals surface area contributed by atoms with Crippen molar-refractivity contribution in [2.75, 3.05) is 18.9 Å². The number of fused-ring (bicyclic) bond motifs is 1. The van der Waals surface area contributed by atoms with Crippen molar-refractivity contribution in [3.8, 4) is 0 Å². The molecule has 0 aromatic carbocycles. The summed E-state index contributed by atoms with van der Waals surface area (Å²) in [5, 5.41) is 26.4. The van der Waals surface area contributed by atoms with Crippen LogP contribution in [-0.4, -0.2) is 111 Å². The van der Waals surface area contributed by atoms with Crippen molar-refractivity contribution >= 4 is 49.4 Å². The smallest absolute Gasteiger partial charge is 0.387 e. The van der Waals surface area contributed by atoms with E-state index in [9.17, 15) is 52.2 Å². The molecule has 45 heavy (non-hydrogen) atoms. The Morgan fingerprint density at radius 1 is 1.04 bits per heavy atom. The molecule has 0 bridgehead atoms. The molecule has 25 heteroatoms. The topological polar surface area (TPSA) is 298 Å². The molecule has 0 spiro atoms. The van der Waals surface area contributed by atoms with Gasteiger partial charge in [-0.15, -0.1) is 11.3 Å². The van der Waals surface area contributed by atoms with E-state index in [0.717, 1.165) is 28.6 Å². The van der Waals surface area contributed by atoms with E-state index in [2.05, 4.69) is 29.0 Å². The van der Waals surface area contributed by atoms with Crippen LogP contribution in [0.1, 0.15) is 27.8 Å². The second kappa shape index (κ2) is 12.2. The third-order valence-electron chi connectivity index (χ3n) is 6.84. The minimum atomic E-state index is -6.44.